The van der Waals surface area contributed by atoms with Crippen LogP contribution >= 0.6 is 11.6 Å². The van der Waals surface area contributed by atoms with E-state index < -0.39 is 34.3 Å². The maximum Gasteiger partial charge on any atom is 0.306 e. The van der Waals surface area contributed by atoms with E-state index in [0.717, 1.165) is 6.07 Å². The first kappa shape index (κ1) is 21.7. The number of nitrogens with one attached hydrogen (secondary N) is 2. The molecule has 0 saturated heterocycles. The lowest BCUT2D eigenvalue weighted by molar-refractivity contribution is -0.147. The van der Waals surface area contributed by atoms with Crippen LogP contribution in [0.1, 0.15) is 19.3 Å². The van der Waals surface area contributed by atoms with Crippen LogP contribution in [0.15, 0.2) is 51.8 Å². The monoisotopic (exact) mass is 453 g/mol. The van der Waals surface area contributed by atoms with Crippen molar-refractivity contribution in [1.82, 2.24) is 0 Å². The second-order valence-electron chi connectivity index (χ2n) is 6.33. The number of para-hydroxylation sites is 1. The molecule has 3 rings (SSSR count). The predicted octanol–water partition coefficient (Wildman–Crippen LogP) is 3.34. The lowest BCUT2D eigenvalue weighted by Crippen LogP contribution is -2.22. The summed E-state index contributed by atoms with van der Waals surface area (Å²) in [4.78, 5) is 23.7. The zero-order valence-corrected chi connectivity index (χ0v) is 17.1. The van der Waals surface area contributed by atoms with E-state index in [1.807, 2.05) is 0 Å². The molecule has 0 saturated carbocycles. The number of benzene rings is 2. The Hall–Kier alpha value is -2.98. The van der Waals surface area contributed by atoms with Crippen molar-refractivity contribution in [3.05, 3.63) is 53.3 Å². The molecule has 1 aliphatic rings. The summed E-state index contributed by atoms with van der Waals surface area (Å²) < 4.78 is 46.0. The normalized spacial score (nSPS) is 14.1. The van der Waals surface area contributed by atoms with Gasteiger partial charge in [0.25, 0.3) is 15.9 Å². The molecule has 2 N–H and O–H groups in total. The minimum absolute atomic E-state index is 0.0297. The molecule has 30 heavy (non-hydrogen) atoms. The van der Waals surface area contributed by atoms with E-state index in [0.29, 0.717) is 5.69 Å². The first-order valence-electron chi connectivity index (χ1n) is 8.85. The molecule has 0 aromatic heterocycles. The van der Waals surface area contributed by atoms with Crippen molar-refractivity contribution < 1.29 is 27.1 Å². The van der Waals surface area contributed by atoms with Gasteiger partial charge >= 0.3 is 5.97 Å². The van der Waals surface area contributed by atoms with Gasteiger partial charge in [0.05, 0.1) is 10.7 Å². The Morgan fingerprint density at radius 2 is 1.97 bits per heavy atom. The smallest absolute Gasteiger partial charge is 0.306 e. The van der Waals surface area contributed by atoms with Gasteiger partial charge in [0.2, 0.25) is 0 Å². The van der Waals surface area contributed by atoms with Crippen LogP contribution in [0.3, 0.4) is 0 Å². The van der Waals surface area contributed by atoms with Crippen molar-refractivity contribution in [1.29, 1.82) is 0 Å². The highest BCUT2D eigenvalue weighted by Gasteiger charge is 2.24. The van der Waals surface area contributed by atoms with Crippen LogP contribution in [0.2, 0.25) is 5.02 Å². The van der Waals surface area contributed by atoms with Gasteiger partial charge in [-0.1, -0.05) is 23.7 Å². The number of carbonyl (C=O) groups excluding carboxylic acids is 2. The van der Waals surface area contributed by atoms with Gasteiger partial charge in [-0.2, -0.15) is 8.42 Å². The molecule has 158 valence electrons. The van der Waals surface area contributed by atoms with Gasteiger partial charge in [-0.25, -0.2) is 4.39 Å². The number of ether oxygens (including phenoxy) is 1. The van der Waals surface area contributed by atoms with E-state index in [1.54, 1.807) is 18.2 Å². The number of anilines is 2. The SMILES string of the molecule is O=C(COC(=O)CCCC1=NS(=O)(=O)c2ccccc2N1)Nc1ccc(F)c(Cl)c1. The number of halogens is 2. The van der Waals surface area contributed by atoms with Crippen LogP contribution in [-0.4, -0.2) is 32.7 Å². The summed E-state index contributed by atoms with van der Waals surface area (Å²) in [7, 11) is -3.78. The lowest BCUT2D eigenvalue weighted by atomic mass is 10.2. The highest BCUT2D eigenvalue weighted by molar-refractivity contribution is 7.90. The molecular weight excluding hydrogens is 437 g/mol. The average Bonchev–Trinajstić information content (AvgIpc) is 2.69. The van der Waals surface area contributed by atoms with E-state index in [-0.39, 0.29) is 40.7 Å². The molecule has 11 heteroatoms. The molecule has 0 atom stereocenters. The van der Waals surface area contributed by atoms with Crippen LogP contribution in [-0.2, 0) is 24.3 Å². The van der Waals surface area contributed by atoms with Crippen molar-refractivity contribution >= 4 is 50.7 Å². The van der Waals surface area contributed by atoms with Crippen molar-refractivity contribution in [2.45, 2.75) is 24.2 Å². The average molecular weight is 454 g/mol. The van der Waals surface area contributed by atoms with Gasteiger partial charge in [-0.3, -0.25) is 9.59 Å². The number of amides is 1. The van der Waals surface area contributed by atoms with Crippen molar-refractivity contribution in [2.24, 2.45) is 4.40 Å². The topological polar surface area (TPSA) is 114 Å². The van der Waals surface area contributed by atoms with E-state index >= 15 is 0 Å². The Morgan fingerprint density at radius 3 is 2.73 bits per heavy atom. The minimum Gasteiger partial charge on any atom is -0.456 e. The number of amidine groups is 1. The number of fused-ring (bicyclic) bond motifs is 1. The Bertz CT molecular complexity index is 1120. The molecule has 1 amide bonds. The quantitative estimate of drug-likeness (QED) is 0.621. The van der Waals surface area contributed by atoms with Gasteiger partial charge in [0.15, 0.2) is 6.61 Å². The number of nitrogens with zero attached hydrogens (tertiary/aromatic N) is 1. The summed E-state index contributed by atoms with van der Waals surface area (Å²) >= 11 is 5.63. The molecular formula is C19H17ClFN3O5S. The molecule has 0 unspecified atom stereocenters. The van der Waals surface area contributed by atoms with Gasteiger partial charge in [-0.15, -0.1) is 4.40 Å². The molecule has 0 fully saturated rings. The molecule has 0 spiro atoms. The first-order valence-corrected chi connectivity index (χ1v) is 10.7. The lowest BCUT2D eigenvalue weighted by Gasteiger charge is -2.17. The summed E-state index contributed by atoms with van der Waals surface area (Å²) in [5.41, 5.74) is 0.702. The summed E-state index contributed by atoms with van der Waals surface area (Å²) in [5.74, 6) is -1.61. The first-order chi connectivity index (χ1) is 14.2. The summed E-state index contributed by atoms with van der Waals surface area (Å²) in [6.45, 7) is -0.519. The second-order valence-corrected chi connectivity index (χ2v) is 8.31. The van der Waals surface area contributed by atoms with Gasteiger partial charge in [0.1, 0.15) is 16.5 Å². The van der Waals surface area contributed by atoms with Crippen LogP contribution < -0.4 is 10.6 Å². The number of rotatable bonds is 7. The number of carbonyl (C=O) groups is 2. The molecule has 0 aliphatic carbocycles. The zero-order chi connectivity index (χ0) is 21.7. The van der Waals surface area contributed by atoms with Gasteiger partial charge in [0, 0.05) is 18.5 Å². The molecule has 1 aliphatic heterocycles. The van der Waals surface area contributed by atoms with E-state index in [4.69, 9.17) is 16.3 Å². The Kier molecular flexibility index (Phi) is 6.68. The number of hydrogen-bond donors (Lipinski definition) is 2. The maximum atomic E-state index is 13.1. The minimum atomic E-state index is -3.78. The van der Waals surface area contributed by atoms with Gasteiger partial charge < -0.3 is 15.4 Å². The largest absolute Gasteiger partial charge is 0.456 e. The molecule has 1 heterocycles. The number of hydrogen-bond acceptors (Lipinski definition) is 6. The summed E-state index contributed by atoms with van der Waals surface area (Å²) in [5, 5.41) is 5.21. The Balaban J connectivity index is 1.42. The number of esters is 1. The molecule has 8 nitrogen and oxygen atoms in total. The molecule has 2 aromatic carbocycles. The van der Waals surface area contributed by atoms with Crippen LogP contribution in [0.25, 0.3) is 0 Å². The fraction of sp³-hybridized carbons (Fsp3) is 0.211. The fourth-order valence-electron chi connectivity index (χ4n) is 2.66. The summed E-state index contributed by atoms with van der Waals surface area (Å²) in [6, 6.07) is 10.1. The highest BCUT2D eigenvalue weighted by atomic mass is 35.5. The van der Waals surface area contributed by atoms with Gasteiger partial charge in [-0.05, 0) is 36.8 Å². The van der Waals surface area contributed by atoms with Crippen LogP contribution in [0, 0.1) is 5.82 Å². The molecule has 0 radical (unpaired) electrons. The van der Waals surface area contributed by atoms with E-state index in [9.17, 15) is 22.4 Å². The maximum absolute atomic E-state index is 13.1. The standard InChI is InChI=1S/C19H17ClFN3O5S/c20-13-10-12(8-9-14(13)21)22-18(25)11-29-19(26)7-3-6-17-23-15-4-1-2-5-16(15)30(27,28)24-17/h1-2,4-5,8-10H,3,6-7,11H2,(H,22,25)(H,23,24). The van der Waals surface area contributed by atoms with Crippen LogP contribution in [0.4, 0.5) is 15.8 Å². The Labute approximate surface area is 177 Å². The van der Waals surface area contributed by atoms with Crippen molar-refractivity contribution in [3.8, 4) is 0 Å². The van der Waals surface area contributed by atoms with Crippen molar-refractivity contribution in [3.63, 3.8) is 0 Å². The number of sulfonamides is 1. The zero-order valence-electron chi connectivity index (χ0n) is 15.5. The third kappa shape index (κ3) is 5.55. The highest BCUT2D eigenvalue weighted by Crippen LogP contribution is 2.27. The summed E-state index contributed by atoms with van der Waals surface area (Å²) in [6.07, 6.45) is 0.457. The van der Waals surface area contributed by atoms with Crippen LogP contribution in [0.5, 0.6) is 0 Å². The van der Waals surface area contributed by atoms with Crippen molar-refractivity contribution in [2.75, 3.05) is 17.2 Å². The fourth-order valence-corrected chi connectivity index (χ4v) is 4.02. The molecule has 2 aromatic rings. The van der Waals surface area contributed by atoms with E-state index in [1.165, 1.54) is 18.2 Å². The Morgan fingerprint density at radius 1 is 1.20 bits per heavy atom. The van der Waals surface area contributed by atoms with E-state index in [2.05, 4.69) is 15.0 Å². The third-order valence-electron chi connectivity index (χ3n) is 4.04. The third-order valence-corrected chi connectivity index (χ3v) is 5.70. The molecule has 0 bridgehead atoms. The predicted molar refractivity (Wildman–Crippen MR) is 110 cm³/mol. The second kappa shape index (κ2) is 9.23.